The van der Waals surface area contributed by atoms with Crippen molar-refractivity contribution in [1.29, 1.82) is 0 Å². The number of aliphatic hydroxyl groups is 1. The Labute approximate surface area is 328 Å². The molecule has 14 nitrogen and oxygen atoms in total. The van der Waals surface area contributed by atoms with Crippen molar-refractivity contribution in [3.8, 4) is 11.5 Å². The first kappa shape index (κ1) is 44.5. The Bertz CT molecular complexity index is 1740. The third kappa shape index (κ3) is 17.1. The molecular weight excluding hydrogens is 716 g/mol. The molecule has 4 atom stereocenters. The minimum Gasteiger partial charge on any atom is -0.508 e. The van der Waals surface area contributed by atoms with Gasteiger partial charge in [0.05, 0.1) is 38.8 Å². The number of amides is 3. The van der Waals surface area contributed by atoms with E-state index in [1.807, 2.05) is 50.3 Å². The second-order valence-corrected chi connectivity index (χ2v) is 13.9. The Morgan fingerprint density at radius 2 is 1.39 bits per heavy atom. The second-order valence-electron chi connectivity index (χ2n) is 13.9. The van der Waals surface area contributed by atoms with Gasteiger partial charge in [-0.2, -0.15) is 0 Å². The highest BCUT2D eigenvalue weighted by molar-refractivity contribution is 5.88. The molecule has 0 radical (unpaired) electrons. The number of esters is 1. The van der Waals surface area contributed by atoms with Gasteiger partial charge in [0.1, 0.15) is 23.6 Å². The molecule has 3 rings (SSSR count). The Hall–Kier alpha value is -5.89. The smallest absolute Gasteiger partial charge is 0.341 e. The number of guanidine groups is 1. The lowest BCUT2D eigenvalue weighted by molar-refractivity contribution is -0.448. The van der Waals surface area contributed by atoms with Crippen molar-refractivity contribution in [3.05, 3.63) is 107 Å². The molecule has 0 aliphatic carbocycles. The molecule has 0 saturated carbocycles. The van der Waals surface area contributed by atoms with Crippen molar-refractivity contribution in [3.63, 3.8) is 0 Å². The number of carbonyl (C=O) groups is 4. The normalized spacial score (nSPS) is 13.3. The van der Waals surface area contributed by atoms with Gasteiger partial charge in [-0.25, -0.2) is 4.79 Å². The van der Waals surface area contributed by atoms with E-state index in [2.05, 4.69) is 26.3 Å². The van der Waals surface area contributed by atoms with Gasteiger partial charge in [-0.05, 0) is 86.9 Å². The molecule has 0 bridgehead atoms. The average Bonchev–Trinajstić information content (AvgIpc) is 3.17. The molecule has 0 unspecified atom stereocenters. The maximum atomic E-state index is 14.0. The van der Waals surface area contributed by atoms with Crippen molar-refractivity contribution in [2.45, 2.75) is 89.4 Å². The van der Waals surface area contributed by atoms with E-state index in [1.54, 1.807) is 36.4 Å². The summed E-state index contributed by atoms with van der Waals surface area (Å²) in [5.74, 6) is -1.60. The van der Waals surface area contributed by atoms with Gasteiger partial charge in [-0.1, -0.05) is 66.2 Å². The molecule has 302 valence electrons. The molecular formula is C42H57N6O8+. The van der Waals surface area contributed by atoms with E-state index in [-0.39, 0.29) is 43.1 Å². The zero-order chi connectivity index (χ0) is 40.9. The molecule has 0 aromatic heterocycles. The maximum absolute atomic E-state index is 14.0. The van der Waals surface area contributed by atoms with Crippen molar-refractivity contribution in [2.24, 2.45) is 5.73 Å². The van der Waals surface area contributed by atoms with E-state index in [9.17, 15) is 34.5 Å². The number of rotatable bonds is 22. The molecule has 0 heterocycles. The van der Waals surface area contributed by atoms with Crippen molar-refractivity contribution >= 4 is 29.7 Å². The number of hydrogen-bond donors (Lipinski definition) is 9. The lowest BCUT2D eigenvalue weighted by Gasteiger charge is -2.27. The van der Waals surface area contributed by atoms with Crippen LogP contribution in [0.15, 0.2) is 90.5 Å². The standard InChI is InChI=1S/C42H56N6O8/c1-28(2)22-24-45-42(43)44-23-8-12-34(46-38(52)13-7-11-29-14-18-32(49)19-15-29)40(54)48-35(25-30-9-5-4-6-10-30)37(51)27-39(53)47-36(41(55)56-3)26-31-16-20-33(50)21-17-31/h4-6,9-10,14-22,34-37,49-51H,7-8,11-13,23-27H2,1-3H3,(H,46,52)(H,47,53)(H,48,54)(H3,43,44,45)/p+1/t34-,35+,36+,37+/m1/s1. The van der Waals surface area contributed by atoms with Crippen LogP contribution >= 0.6 is 0 Å². The van der Waals surface area contributed by atoms with Crippen LogP contribution in [-0.4, -0.2) is 89.4 Å². The fraction of sp³-hybridized carbons (Fsp3) is 0.405. The van der Waals surface area contributed by atoms with E-state index in [0.717, 1.165) is 16.7 Å². The molecule has 10 N–H and O–H groups in total. The third-order valence-corrected chi connectivity index (χ3v) is 8.93. The van der Waals surface area contributed by atoms with Crippen LogP contribution in [0.3, 0.4) is 0 Å². The van der Waals surface area contributed by atoms with E-state index >= 15 is 0 Å². The number of benzene rings is 3. The van der Waals surface area contributed by atoms with E-state index in [1.165, 1.54) is 19.2 Å². The van der Waals surface area contributed by atoms with E-state index < -0.39 is 48.4 Å². The number of aliphatic hydroxyl groups excluding tert-OH is 1. The molecule has 14 heteroatoms. The van der Waals surface area contributed by atoms with Crippen molar-refractivity contribution < 1.29 is 44.2 Å². The summed E-state index contributed by atoms with van der Waals surface area (Å²) in [6.07, 6.45) is 2.39. The summed E-state index contributed by atoms with van der Waals surface area (Å²) in [7, 11) is 1.20. The highest BCUT2D eigenvalue weighted by atomic mass is 16.5. The number of phenolic OH excluding ortho intramolecular Hbond substituents is 2. The van der Waals surface area contributed by atoms with Crippen LogP contribution in [-0.2, 0) is 43.2 Å². The highest BCUT2D eigenvalue weighted by Crippen LogP contribution is 2.15. The minimum absolute atomic E-state index is 0.0531. The summed E-state index contributed by atoms with van der Waals surface area (Å²) >= 11 is 0. The first-order valence-electron chi connectivity index (χ1n) is 18.8. The number of carbonyl (C=O) groups excluding carboxylic acids is 4. The number of phenols is 2. The maximum Gasteiger partial charge on any atom is 0.341 e. The van der Waals surface area contributed by atoms with Gasteiger partial charge in [0.15, 0.2) is 0 Å². The topological polar surface area (TPSA) is 226 Å². The molecule has 56 heavy (non-hydrogen) atoms. The van der Waals surface area contributed by atoms with Crippen LogP contribution in [0, 0.1) is 0 Å². The minimum atomic E-state index is -1.38. The zero-order valence-electron chi connectivity index (χ0n) is 32.4. The average molecular weight is 774 g/mol. The van der Waals surface area contributed by atoms with Gasteiger partial charge in [0.25, 0.3) is 0 Å². The monoisotopic (exact) mass is 773 g/mol. The van der Waals surface area contributed by atoms with E-state index in [0.29, 0.717) is 43.9 Å². The first-order valence-corrected chi connectivity index (χ1v) is 18.8. The number of methoxy groups -OCH3 is 1. The summed E-state index contributed by atoms with van der Waals surface area (Å²) in [5, 5.41) is 42.1. The Balaban J connectivity index is 1.73. The Morgan fingerprint density at radius 1 is 0.786 bits per heavy atom. The van der Waals surface area contributed by atoms with Gasteiger partial charge in [-0.3, -0.25) is 30.4 Å². The fourth-order valence-corrected chi connectivity index (χ4v) is 5.83. The SMILES string of the molecule is COC(=O)[C@H](Cc1ccc(O)cc1)NC(=O)C[C@H](O)[C@H](Cc1ccccc1)NC(=O)[C@@H](CCCNC(N)=[NH+]CC=C(C)C)NC(=O)CCCc1ccc(O)cc1. The summed E-state index contributed by atoms with van der Waals surface area (Å²) in [5.41, 5.74) is 9.61. The number of aryl methyl sites for hydroxylation is 1. The number of ether oxygens (including phenoxy) is 1. The number of aromatic hydroxyl groups is 2. The van der Waals surface area contributed by atoms with Crippen LogP contribution < -0.4 is 32.0 Å². The first-order chi connectivity index (χ1) is 26.8. The molecule has 0 saturated heterocycles. The van der Waals surface area contributed by atoms with Crippen LogP contribution in [0.1, 0.15) is 62.6 Å². The molecule has 3 aromatic rings. The Kier molecular flexibility index (Phi) is 18.9. The number of nitrogens with two attached hydrogens (primary N) is 1. The predicted octanol–water partition coefficient (Wildman–Crippen LogP) is 1.02. The lowest BCUT2D eigenvalue weighted by Crippen LogP contribution is -2.78. The summed E-state index contributed by atoms with van der Waals surface area (Å²) in [6.45, 7) is 4.93. The Morgan fingerprint density at radius 3 is 2.02 bits per heavy atom. The van der Waals surface area contributed by atoms with Crippen molar-refractivity contribution in [2.75, 3.05) is 20.2 Å². The molecule has 3 amide bonds. The van der Waals surface area contributed by atoms with Crippen LogP contribution in [0.5, 0.6) is 11.5 Å². The van der Waals surface area contributed by atoms with Gasteiger partial charge in [0, 0.05) is 12.8 Å². The number of allylic oxidation sites excluding steroid dienone is 1. The third-order valence-electron chi connectivity index (χ3n) is 8.93. The second kappa shape index (κ2) is 23.8. The summed E-state index contributed by atoms with van der Waals surface area (Å²) in [4.78, 5) is 56.0. The van der Waals surface area contributed by atoms with Gasteiger partial charge in [0.2, 0.25) is 17.7 Å². The van der Waals surface area contributed by atoms with Crippen LogP contribution in [0.4, 0.5) is 0 Å². The zero-order valence-corrected chi connectivity index (χ0v) is 32.4. The van der Waals surface area contributed by atoms with Crippen molar-refractivity contribution in [1.82, 2.24) is 21.3 Å². The van der Waals surface area contributed by atoms with Crippen LogP contribution in [0.25, 0.3) is 0 Å². The van der Waals surface area contributed by atoms with Gasteiger partial charge < -0.3 is 36.0 Å². The molecule has 3 aromatic carbocycles. The molecule has 0 spiro atoms. The van der Waals surface area contributed by atoms with Gasteiger partial charge >= 0.3 is 11.9 Å². The predicted molar refractivity (Wildman–Crippen MR) is 213 cm³/mol. The fourth-order valence-electron chi connectivity index (χ4n) is 5.83. The van der Waals surface area contributed by atoms with Gasteiger partial charge in [-0.15, -0.1) is 0 Å². The molecule has 0 fully saturated rings. The quantitative estimate of drug-likeness (QED) is 0.0232. The molecule has 0 aliphatic heterocycles. The lowest BCUT2D eigenvalue weighted by atomic mass is 9.97. The summed E-state index contributed by atoms with van der Waals surface area (Å²) < 4.78 is 4.90. The number of nitrogens with one attached hydrogen (secondary N) is 5. The van der Waals surface area contributed by atoms with E-state index in [4.69, 9.17) is 10.5 Å². The highest BCUT2D eigenvalue weighted by Gasteiger charge is 2.30. The summed E-state index contributed by atoms with van der Waals surface area (Å²) in [6, 6.07) is 19.1. The largest absolute Gasteiger partial charge is 0.508 e. The molecule has 0 aliphatic rings. The van der Waals surface area contributed by atoms with Crippen LogP contribution in [0.2, 0.25) is 0 Å². The number of hydrogen-bond acceptors (Lipinski definition) is 8.